The van der Waals surface area contributed by atoms with E-state index in [4.69, 9.17) is 31.2 Å². The van der Waals surface area contributed by atoms with Crippen LogP contribution >= 0.6 is 0 Å². The van der Waals surface area contributed by atoms with E-state index in [9.17, 15) is 15.3 Å². The van der Waals surface area contributed by atoms with E-state index in [1.54, 1.807) is 10.9 Å². The summed E-state index contributed by atoms with van der Waals surface area (Å²) < 4.78 is 14.1. The van der Waals surface area contributed by atoms with Gasteiger partial charge < -0.3 is 46.5 Å². The largest absolute Gasteiger partial charge is 0.394 e. The number of aliphatic hydroxyl groups is 5. The van der Waals surface area contributed by atoms with E-state index in [1.165, 1.54) is 23.5 Å². The zero-order chi connectivity index (χ0) is 26.3. The van der Waals surface area contributed by atoms with Crippen LogP contribution < -0.4 is 11.5 Å². The third kappa shape index (κ3) is 4.42. The number of ether oxygens (including phenoxy) is 2. The Hall–Kier alpha value is -3.58. The second kappa shape index (κ2) is 10.1. The Morgan fingerprint density at radius 1 is 0.757 bits per heavy atom. The third-order valence-electron chi connectivity index (χ3n) is 6.26. The van der Waals surface area contributed by atoms with E-state index in [2.05, 4.69) is 29.9 Å². The van der Waals surface area contributed by atoms with Crippen molar-refractivity contribution in [2.45, 2.75) is 49.4 Å². The molecule has 6 rings (SSSR count). The summed E-state index contributed by atoms with van der Waals surface area (Å²) in [6.45, 7) is -0.611. The van der Waals surface area contributed by atoms with Gasteiger partial charge in [0, 0.05) is 6.42 Å². The van der Waals surface area contributed by atoms with Crippen molar-refractivity contribution in [3.8, 4) is 0 Å². The zero-order valence-electron chi connectivity index (χ0n) is 19.3. The SMILES string of the molecule is Nc1ncnc2c1ncn2C1CC(O)C(CO)O1.Nc1ncnc2c1ncn2C1OC(CO)C(O)C1O. The highest BCUT2D eigenvalue weighted by Crippen LogP contribution is 2.32. The summed E-state index contributed by atoms with van der Waals surface area (Å²) in [4.78, 5) is 24.0. The fraction of sp³-hybridized carbons (Fsp3) is 0.500. The van der Waals surface area contributed by atoms with E-state index < -0.39 is 49.6 Å². The predicted molar refractivity (Wildman–Crippen MR) is 124 cm³/mol. The van der Waals surface area contributed by atoms with Gasteiger partial charge in [-0.25, -0.2) is 29.9 Å². The molecule has 198 valence electrons. The first-order chi connectivity index (χ1) is 17.8. The normalized spacial score (nSPS) is 29.6. The number of nitrogens with two attached hydrogens (primary N) is 2. The Kier molecular flexibility index (Phi) is 6.82. The molecule has 2 fully saturated rings. The molecule has 7 atom stereocenters. The van der Waals surface area contributed by atoms with Gasteiger partial charge in [0.1, 0.15) is 54.3 Å². The van der Waals surface area contributed by atoms with Crippen LogP contribution in [0.3, 0.4) is 0 Å². The highest BCUT2D eigenvalue weighted by Gasteiger charge is 2.44. The molecule has 0 spiro atoms. The van der Waals surface area contributed by atoms with Gasteiger partial charge in [-0.2, -0.15) is 0 Å². The van der Waals surface area contributed by atoms with E-state index in [0.717, 1.165) is 0 Å². The van der Waals surface area contributed by atoms with Crippen LogP contribution in [0.1, 0.15) is 18.9 Å². The molecule has 2 saturated heterocycles. The molecule has 0 saturated carbocycles. The monoisotopic (exact) mass is 518 g/mol. The minimum Gasteiger partial charge on any atom is -0.394 e. The molecular weight excluding hydrogens is 492 g/mol. The van der Waals surface area contributed by atoms with Gasteiger partial charge in [-0.1, -0.05) is 0 Å². The summed E-state index contributed by atoms with van der Waals surface area (Å²) in [5, 5.41) is 47.5. The van der Waals surface area contributed by atoms with Crippen molar-refractivity contribution in [2.24, 2.45) is 0 Å². The molecule has 7 unspecified atom stereocenters. The number of imidazole rings is 2. The smallest absolute Gasteiger partial charge is 0.167 e. The van der Waals surface area contributed by atoms with Gasteiger partial charge in [0.05, 0.1) is 32.0 Å². The molecule has 4 aromatic heterocycles. The minimum absolute atomic E-state index is 0.218. The quantitative estimate of drug-likeness (QED) is 0.143. The van der Waals surface area contributed by atoms with Crippen LogP contribution in [0.15, 0.2) is 25.3 Å². The lowest BCUT2D eigenvalue weighted by Gasteiger charge is -2.16. The van der Waals surface area contributed by atoms with Crippen molar-refractivity contribution in [2.75, 3.05) is 24.7 Å². The number of hydrogen-bond acceptors (Lipinski definition) is 15. The number of aromatic nitrogens is 8. The van der Waals surface area contributed by atoms with Gasteiger partial charge in [0.25, 0.3) is 0 Å². The number of rotatable bonds is 4. The van der Waals surface area contributed by atoms with E-state index in [0.29, 0.717) is 34.6 Å². The average molecular weight is 518 g/mol. The van der Waals surface area contributed by atoms with Gasteiger partial charge >= 0.3 is 0 Å². The van der Waals surface area contributed by atoms with Gasteiger partial charge in [-0.05, 0) is 0 Å². The third-order valence-corrected chi connectivity index (χ3v) is 6.26. The summed E-state index contributed by atoms with van der Waals surface area (Å²) in [5.74, 6) is 0.520. The minimum atomic E-state index is -1.19. The Morgan fingerprint density at radius 2 is 1.32 bits per heavy atom. The van der Waals surface area contributed by atoms with Crippen molar-refractivity contribution >= 4 is 34.0 Å². The lowest BCUT2D eigenvalue weighted by Crippen LogP contribution is -2.33. The van der Waals surface area contributed by atoms with Crippen LogP contribution in [0.5, 0.6) is 0 Å². The molecule has 0 bridgehead atoms. The molecule has 17 nitrogen and oxygen atoms in total. The molecule has 6 heterocycles. The summed E-state index contributed by atoms with van der Waals surface area (Å²) in [5.41, 5.74) is 13.2. The maximum atomic E-state index is 9.95. The van der Waals surface area contributed by atoms with Crippen LogP contribution in [0.25, 0.3) is 22.3 Å². The van der Waals surface area contributed by atoms with E-state index in [-0.39, 0.29) is 12.4 Å². The predicted octanol–water partition coefficient (Wildman–Crippen LogP) is -2.93. The fourth-order valence-corrected chi connectivity index (χ4v) is 4.30. The molecule has 17 heteroatoms. The van der Waals surface area contributed by atoms with Crippen LogP contribution in [0.2, 0.25) is 0 Å². The molecule has 4 aromatic rings. The van der Waals surface area contributed by atoms with Crippen molar-refractivity contribution < 1.29 is 35.0 Å². The number of nitrogens with zero attached hydrogens (tertiary/aromatic N) is 8. The fourth-order valence-electron chi connectivity index (χ4n) is 4.30. The summed E-state index contributed by atoms with van der Waals surface area (Å²) in [7, 11) is 0. The molecule has 0 aromatic carbocycles. The Labute approximate surface area is 208 Å². The van der Waals surface area contributed by atoms with E-state index in [1.807, 2.05) is 0 Å². The molecule has 0 radical (unpaired) electrons. The maximum Gasteiger partial charge on any atom is 0.167 e. The molecule has 2 aliphatic heterocycles. The standard InChI is InChI=1S/C10H13N5O4.C10H13N5O3/c11-8-5-9(13-2-12-8)15(3-14-5)10-7(18)6(17)4(1-16)19-10;11-9-8-10(13-3-12-9)15(4-14-8)7-1-5(17)6(2-16)18-7/h2-4,6-7,10,16-18H,1H2,(H2,11,12,13);3-7,16-17H,1-2H2,(H2,11,12,13). The number of fused-ring (bicyclic) bond motifs is 2. The molecule has 9 N–H and O–H groups in total. The van der Waals surface area contributed by atoms with Crippen molar-refractivity contribution in [3.05, 3.63) is 25.3 Å². The van der Waals surface area contributed by atoms with Crippen molar-refractivity contribution in [1.82, 2.24) is 39.0 Å². The van der Waals surface area contributed by atoms with Gasteiger partial charge in [-0.15, -0.1) is 0 Å². The second-order valence-electron chi connectivity index (χ2n) is 8.51. The molecule has 0 aliphatic carbocycles. The maximum absolute atomic E-state index is 9.95. The first kappa shape index (κ1) is 25.1. The average Bonchev–Trinajstić information content (AvgIpc) is 3.66. The molecular formula is C20H26N10O7. The zero-order valence-corrected chi connectivity index (χ0v) is 19.3. The van der Waals surface area contributed by atoms with E-state index >= 15 is 0 Å². The number of anilines is 2. The highest BCUT2D eigenvalue weighted by atomic mass is 16.6. The Bertz CT molecular complexity index is 1380. The van der Waals surface area contributed by atoms with Crippen LogP contribution in [0.4, 0.5) is 11.6 Å². The number of nitrogen functional groups attached to an aromatic ring is 2. The molecule has 2 aliphatic rings. The topological polar surface area (TPSA) is 259 Å². The lowest BCUT2D eigenvalue weighted by molar-refractivity contribution is -0.0511. The Balaban J connectivity index is 0.000000152. The summed E-state index contributed by atoms with van der Waals surface area (Å²) in [6, 6.07) is 0. The van der Waals surface area contributed by atoms with Gasteiger partial charge in [0.2, 0.25) is 0 Å². The van der Waals surface area contributed by atoms with Gasteiger partial charge in [-0.3, -0.25) is 9.13 Å². The van der Waals surface area contributed by atoms with Crippen LogP contribution in [0, 0.1) is 0 Å². The number of aliphatic hydroxyl groups excluding tert-OH is 5. The first-order valence-electron chi connectivity index (χ1n) is 11.3. The number of hydrogen-bond donors (Lipinski definition) is 7. The summed E-state index contributed by atoms with van der Waals surface area (Å²) >= 11 is 0. The van der Waals surface area contributed by atoms with Gasteiger partial charge in [0.15, 0.2) is 29.2 Å². The van der Waals surface area contributed by atoms with Crippen LogP contribution in [-0.2, 0) is 9.47 Å². The first-order valence-corrected chi connectivity index (χ1v) is 11.3. The van der Waals surface area contributed by atoms with Crippen molar-refractivity contribution in [1.29, 1.82) is 0 Å². The lowest BCUT2D eigenvalue weighted by atomic mass is 10.1. The molecule has 37 heavy (non-hydrogen) atoms. The molecule has 0 amide bonds. The van der Waals surface area contributed by atoms with Crippen LogP contribution in [-0.4, -0.2) is 108 Å². The Morgan fingerprint density at radius 3 is 1.86 bits per heavy atom. The van der Waals surface area contributed by atoms with Crippen molar-refractivity contribution in [3.63, 3.8) is 0 Å². The summed E-state index contributed by atoms with van der Waals surface area (Å²) in [6.07, 6.45) is 0.172. The highest BCUT2D eigenvalue weighted by molar-refractivity contribution is 5.81. The second-order valence-corrected chi connectivity index (χ2v) is 8.51.